The predicted octanol–water partition coefficient (Wildman–Crippen LogP) is 2.84. The summed E-state index contributed by atoms with van der Waals surface area (Å²) < 4.78 is 2.23. The Morgan fingerprint density at radius 2 is 2.40 bits per heavy atom. The average Bonchev–Trinajstić information content (AvgIpc) is 3.12. The van der Waals surface area contributed by atoms with Gasteiger partial charge in [0.25, 0.3) is 0 Å². The minimum Gasteiger partial charge on any atom is -0.354 e. The molecule has 0 radical (unpaired) electrons. The van der Waals surface area contributed by atoms with E-state index in [2.05, 4.69) is 47.1 Å². The van der Waals surface area contributed by atoms with Crippen LogP contribution in [0, 0.1) is 0 Å². The summed E-state index contributed by atoms with van der Waals surface area (Å²) in [5.41, 5.74) is 1.29. The van der Waals surface area contributed by atoms with Crippen molar-refractivity contribution in [2.24, 2.45) is 0 Å². The fourth-order valence-corrected chi connectivity index (χ4v) is 4.56. The molecular formula is C14H22N4S2. The zero-order chi connectivity index (χ0) is 14.1. The second-order valence-corrected chi connectivity index (χ2v) is 7.62. The summed E-state index contributed by atoms with van der Waals surface area (Å²) in [5.74, 6) is 3.65. The van der Waals surface area contributed by atoms with Crippen molar-refractivity contribution in [3.63, 3.8) is 0 Å². The topological polar surface area (TPSA) is 32.6 Å². The van der Waals surface area contributed by atoms with Gasteiger partial charge in [0.2, 0.25) is 0 Å². The number of imidazole rings is 1. The summed E-state index contributed by atoms with van der Waals surface area (Å²) >= 11 is 3.76. The largest absolute Gasteiger partial charge is 0.354 e. The van der Waals surface area contributed by atoms with E-state index < -0.39 is 0 Å². The molecule has 3 rings (SSSR count). The molecule has 1 unspecified atom stereocenters. The van der Waals surface area contributed by atoms with Crippen molar-refractivity contribution in [1.82, 2.24) is 14.7 Å². The third-order valence-corrected chi connectivity index (χ3v) is 5.71. The van der Waals surface area contributed by atoms with Crippen LogP contribution in [0.25, 0.3) is 4.96 Å². The molecule has 20 heavy (non-hydrogen) atoms. The first-order chi connectivity index (χ1) is 9.66. The second-order valence-electron chi connectivity index (χ2n) is 5.60. The van der Waals surface area contributed by atoms with Gasteiger partial charge < -0.3 is 10.2 Å². The van der Waals surface area contributed by atoms with Gasteiger partial charge in [-0.3, -0.25) is 4.40 Å². The Labute approximate surface area is 128 Å². The molecule has 110 valence electrons. The molecule has 1 aliphatic heterocycles. The Balaban J connectivity index is 1.91. The van der Waals surface area contributed by atoms with Crippen molar-refractivity contribution in [1.29, 1.82) is 0 Å². The lowest BCUT2D eigenvalue weighted by atomic mass is 10.2. The fourth-order valence-electron chi connectivity index (χ4n) is 2.57. The van der Waals surface area contributed by atoms with Gasteiger partial charge >= 0.3 is 0 Å². The molecule has 0 saturated carbocycles. The van der Waals surface area contributed by atoms with Gasteiger partial charge in [-0.25, -0.2) is 4.98 Å². The number of nitrogens with zero attached hydrogens (tertiary/aromatic N) is 3. The molecule has 0 amide bonds. The minimum absolute atomic E-state index is 0.486. The minimum atomic E-state index is 0.486. The van der Waals surface area contributed by atoms with Gasteiger partial charge in [0.15, 0.2) is 10.8 Å². The molecule has 2 aromatic heterocycles. The van der Waals surface area contributed by atoms with Crippen molar-refractivity contribution in [3.05, 3.63) is 17.3 Å². The van der Waals surface area contributed by atoms with Crippen LogP contribution in [0.3, 0.4) is 0 Å². The van der Waals surface area contributed by atoms with E-state index in [1.54, 1.807) is 11.3 Å². The molecule has 0 aromatic carbocycles. The number of aromatic nitrogens is 2. The Kier molecular flexibility index (Phi) is 4.23. The van der Waals surface area contributed by atoms with Gasteiger partial charge in [-0.1, -0.05) is 13.8 Å². The molecule has 4 nitrogen and oxygen atoms in total. The van der Waals surface area contributed by atoms with Crippen LogP contribution in [0.5, 0.6) is 0 Å². The standard InChI is InChI=1S/C14H22N4S2/c1-10(2)15-8-12-13(16-14-18(12)5-7-20-14)17(3)11-4-6-19-9-11/h5,7,10-11,15H,4,6,8-9H2,1-3H3. The molecule has 0 bridgehead atoms. The van der Waals surface area contributed by atoms with Crippen molar-refractivity contribution >= 4 is 33.9 Å². The van der Waals surface area contributed by atoms with E-state index in [0.717, 1.165) is 17.3 Å². The summed E-state index contributed by atoms with van der Waals surface area (Å²) in [6, 6.07) is 1.11. The van der Waals surface area contributed by atoms with Crippen LogP contribution in [-0.2, 0) is 6.54 Å². The van der Waals surface area contributed by atoms with Gasteiger partial charge in [0, 0.05) is 43.0 Å². The third kappa shape index (κ3) is 2.69. The van der Waals surface area contributed by atoms with E-state index in [9.17, 15) is 0 Å². The van der Waals surface area contributed by atoms with Crippen molar-refractivity contribution in [3.8, 4) is 0 Å². The van der Waals surface area contributed by atoms with Crippen LogP contribution < -0.4 is 10.2 Å². The number of nitrogens with one attached hydrogen (secondary N) is 1. The molecule has 0 spiro atoms. The van der Waals surface area contributed by atoms with Crippen molar-refractivity contribution in [2.75, 3.05) is 23.5 Å². The molecule has 0 aliphatic carbocycles. The number of hydrogen-bond acceptors (Lipinski definition) is 5. The average molecular weight is 310 g/mol. The van der Waals surface area contributed by atoms with E-state index in [4.69, 9.17) is 4.98 Å². The first-order valence-corrected chi connectivity index (χ1v) is 9.18. The zero-order valence-corrected chi connectivity index (χ0v) is 13.9. The summed E-state index contributed by atoms with van der Waals surface area (Å²) in [6.07, 6.45) is 3.40. The summed E-state index contributed by atoms with van der Waals surface area (Å²) in [6.45, 7) is 5.24. The smallest absolute Gasteiger partial charge is 0.195 e. The molecule has 3 heterocycles. The van der Waals surface area contributed by atoms with Crippen molar-refractivity contribution < 1.29 is 0 Å². The van der Waals surface area contributed by atoms with Crippen LogP contribution in [0.1, 0.15) is 26.0 Å². The normalized spacial score (nSPS) is 19.3. The first-order valence-electron chi connectivity index (χ1n) is 7.15. The van der Waals surface area contributed by atoms with Crippen LogP contribution >= 0.6 is 23.1 Å². The number of fused-ring (bicyclic) bond motifs is 1. The molecule has 1 aliphatic rings. The SMILES string of the molecule is CC(C)NCc1c(N(C)C2CCSC2)nc2sccn12. The van der Waals surface area contributed by atoms with E-state index >= 15 is 0 Å². The summed E-state index contributed by atoms with van der Waals surface area (Å²) in [4.78, 5) is 8.33. The molecule has 1 fully saturated rings. The maximum absolute atomic E-state index is 4.85. The van der Waals surface area contributed by atoms with Crippen LogP contribution in [0.2, 0.25) is 0 Å². The molecule has 2 aromatic rings. The number of thiazole rings is 1. The van der Waals surface area contributed by atoms with Crippen LogP contribution in [0.15, 0.2) is 11.6 Å². The maximum Gasteiger partial charge on any atom is 0.195 e. The quantitative estimate of drug-likeness (QED) is 0.920. The first kappa shape index (κ1) is 14.2. The van der Waals surface area contributed by atoms with E-state index in [-0.39, 0.29) is 0 Å². The highest BCUT2D eigenvalue weighted by Crippen LogP contribution is 2.29. The van der Waals surface area contributed by atoms with Gasteiger partial charge in [-0.15, -0.1) is 11.3 Å². The second kappa shape index (κ2) is 5.95. The van der Waals surface area contributed by atoms with Gasteiger partial charge in [-0.05, 0) is 12.2 Å². The predicted molar refractivity (Wildman–Crippen MR) is 89.2 cm³/mol. The maximum atomic E-state index is 4.85. The molecule has 1 saturated heterocycles. The van der Waals surface area contributed by atoms with Gasteiger partial charge in [-0.2, -0.15) is 11.8 Å². The summed E-state index contributed by atoms with van der Waals surface area (Å²) in [5, 5.41) is 5.64. The monoisotopic (exact) mass is 310 g/mol. The summed E-state index contributed by atoms with van der Waals surface area (Å²) in [7, 11) is 2.20. The lowest BCUT2D eigenvalue weighted by Gasteiger charge is -2.25. The lowest BCUT2D eigenvalue weighted by Crippen LogP contribution is -2.33. The van der Waals surface area contributed by atoms with E-state index in [0.29, 0.717) is 12.1 Å². The highest BCUT2D eigenvalue weighted by atomic mass is 32.2. The zero-order valence-electron chi connectivity index (χ0n) is 12.3. The number of rotatable bonds is 5. The highest BCUT2D eigenvalue weighted by molar-refractivity contribution is 7.99. The van der Waals surface area contributed by atoms with E-state index in [1.165, 1.54) is 23.6 Å². The van der Waals surface area contributed by atoms with Gasteiger partial charge in [0.05, 0.1) is 5.69 Å². The third-order valence-electron chi connectivity index (χ3n) is 3.81. The Morgan fingerprint density at radius 1 is 1.55 bits per heavy atom. The molecule has 1 N–H and O–H groups in total. The number of anilines is 1. The van der Waals surface area contributed by atoms with E-state index in [1.807, 2.05) is 11.8 Å². The number of hydrogen-bond donors (Lipinski definition) is 1. The highest BCUT2D eigenvalue weighted by Gasteiger charge is 2.25. The molecule has 1 atom stereocenters. The Hall–Kier alpha value is -0.720. The van der Waals surface area contributed by atoms with Crippen LogP contribution in [-0.4, -0.2) is 40.0 Å². The van der Waals surface area contributed by atoms with Crippen molar-refractivity contribution in [2.45, 2.75) is 38.9 Å². The Bertz CT molecular complexity index is 569. The fraction of sp³-hybridized carbons (Fsp3) is 0.643. The van der Waals surface area contributed by atoms with Crippen LogP contribution in [0.4, 0.5) is 5.82 Å². The van der Waals surface area contributed by atoms with Gasteiger partial charge in [0.1, 0.15) is 0 Å². The number of thioether (sulfide) groups is 1. The lowest BCUT2D eigenvalue weighted by molar-refractivity contribution is 0.577. The Morgan fingerprint density at radius 3 is 3.10 bits per heavy atom. The molecule has 6 heteroatoms. The molecular weight excluding hydrogens is 288 g/mol.